The molecule has 2 amide bonds. The summed E-state index contributed by atoms with van der Waals surface area (Å²) in [4.78, 5) is 40.7. The Morgan fingerprint density at radius 2 is 1.58 bits per heavy atom. The Balaban J connectivity index is 1.65. The lowest BCUT2D eigenvalue weighted by Crippen LogP contribution is -2.32. The fraction of sp³-hybridized carbons (Fsp3) is 0.118. The number of hydroxylamine groups is 2. The van der Waals surface area contributed by atoms with Gasteiger partial charge in [0.25, 0.3) is 11.8 Å². The van der Waals surface area contributed by atoms with Gasteiger partial charge in [-0.05, 0) is 30.2 Å². The maximum atomic E-state index is 13.5. The molecule has 3 rings (SSSR count). The molecule has 7 heteroatoms. The predicted molar refractivity (Wildman–Crippen MR) is 77.7 cm³/mol. The summed E-state index contributed by atoms with van der Waals surface area (Å²) in [6, 6.07) is 9.70. The summed E-state index contributed by atoms with van der Waals surface area (Å²) in [6.07, 6.45) is -0.431. The lowest BCUT2D eigenvalue weighted by molar-refractivity contribution is -0.168. The zero-order valence-electron chi connectivity index (χ0n) is 12.3. The molecule has 0 spiro atoms. The Labute approximate surface area is 135 Å². The van der Waals surface area contributed by atoms with Crippen LogP contribution in [0, 0.1) is 11.6 Å². The van der Waals surface area contributed by atoms with Crippen molar-refractivity contribution in [3.63, 3.8) is 0 Å². The number of hydrogen-bond acceptors (Lipinski definition) is 4. The Kier molecular flexibility index (Phi) is 4.07. The number of hydrogen-bond donors (Lipinski definition) is 0. The van der Waals surface area contributed by atoms with Crippen LogP contribution in [-0.4, -0.2) is 22.8 Å². The van der Waals surface area contributed by atoms with E-state index in [1.54, 1.807) is 12.1 Å². The molecule has 0 saturated carbocycles. The van der Waals surface area contributed by atoms with Crippen LogP contribution in [0.15, 0.2) is 42.5 Å². The summed E-state index contributed by atoms with van der Waals surface area (Å²) >= 11 is 0. The molecule has 2 aromatic carbocycles. The number of benzene rings is 2. The molecule has 24 heavy (non-hydrogen) atoms. The first-order valence-electron chi connectivity index (χ1n) is 7.10. The molecule has 1 aliphatic rings. The van der Waals surface area contributed by atoms with Crippen molar-refractivity contribution < 1.29 is 28.0 Å². The molecular weight excluding hydrogens is 320 g/mol. The number of aryl methyl sites for hydroxylation is 1. The normalized spacial score (nSPS) is 13.2. The predicted octanol–water partition coefficient (Wildman–Crippen LogP) is 2.65. The topological polar surface area (TPSA) is 63.7 Å². The van der Waals surface area contributed by atoms with Crippen molar-refractivity contribution >= 4 is 17.8 Å². The number of amides is 2. The van der Waals surface area contributed by atoms with Crippen LogP contribution >= 0.6 is 0 Å². The minimum absolute atomic E-state index is 0.00862. The van der Waals surface area contributed by atoms with Crippen LogP contribution in [0.1, 0.15) is 32.7 Å². The molecule has 122 valence electrons. The van der Waals surface area contributed by atoms with Crippen molar-refractivity contribution in [1.82, 2.24) is 5.06 Å². The van der Waals surface area contributed by atoms with Crippen LogP contribution in [-0.2, 0) is 16.1 Å². The maximum Gasteiger partial charge on any atom is 0.333 e. The molecule has 0 saturated heterocycles. The number of carbonyl (C=O) groups is 3. The van der Waals surface area contributed by atoms with Gasteiger partial charge in [0.05, 0.1) is 17.5 Å². The van der Waals surface area contributed by atoms with Gasteiger partial charge < -0.3 is 4.84 Å². The quantitative estimate of drug-likeness (QED) is 0.808. The standard InChI is InChI=1S/C17H11F2NO4/c18-13-7-3-4-10(15(13)19)8-9-14(21)24-20-16(22)11-5-1-2-6-12(11)17(20)23/h1-7H,8-9H2. The van der Waals surface area contributed by atoms with E-state index in [4.69, 9.17) is 4.84 Å². The monoisotopic (exact) mass is 331 g/mol. The minimum atomic E-state index is -1.04. The zero-order valence-corrected chi connectivity index (χ0v) is 12.3. The second-order valence-electron chi connectivity index (χ2n) is 5.13. The van der Waals surface area contributed by atoms with Crippen molar-refractivity contribution in [2.75, 3.05) is 0 Å². The van der Waals surface area contributed by atoms with E-state index in [9.17, 15) is 23.2 Å². The van der Waals surface area contributed by atoms with E-state index in [-0.39, 0.29) is 29.5 Å². The first kappa shape index (κ1) is 15.8. The van der Waals surface area contributed by atoms with Gasteiger partial charge in [-0.1, -0.05) is 29.3 Å². The summed E-state index contributed by atoms with van der Waals surface area (Å²) in [5.74, 6) is -4.41. The van der Waals surface area contributed by atoms with Gasteiger partial charge in [0.1, 0.15) is 0 Å². The third-order valence-corrected chi connectivity index (χ3v) is 3.58. The van der Waals surface area contributed by atoms with Gasteiger partial charge >= 0.3 is 5.97 Å². The van der Waals surface area contributed by atoms with E-state index in [0.717, 1.165) is 6.07 Å². The number of fused-ring (bicyclic) bond motifs is 1. The van der Waals surface area contributed by atoms with Gasteiger partial charge in [-0.15, -0.1) is 0 Å². The fourth-order valence-corrected chi connectivity index (χ4v) is 2.38. The maximum absolute atomic E-state index is 13.5. The molecule has 0 aliphatic carbocycles. The van der Waals surface area contributed by atoms with E-state index >= 15 is 0 Å². The molecule has 0 N–H and O–H groups in total. The highest BCUT2D eigenvalue weighted by atomic mass is 19.2. The number of imide groups is 1. The van der Waals surface area contributed by atoms with Gasteiger partial charge in [-0.2, -0.15) is 0 Å². The molecular formula is C17H11F2NO4. The van der Waals surface area contributed by atoms with Gasteiger partial charge in [-0.3, -0.25) is 9.59 Å². The Morgan fingerprint density at radius 1 is 0.958 bits per heavy atom. The fourth-order valence-electron chi connectivity index (χ4n) is 2.38. The van der Waals surface area contributed by atoms with Crippen LogP contribution in [0.5, 0.6) is 0 Å². The number of rotatable bonds is 4. The highest BCUT2D eigenvalue weighted by Crippen LogP contribution is 2.23. The van der Waals surface area contributed by atoms with Gasteiger partial charge in [-0.25, -0.2) is 13.6 Å². The van der Waals surface area contributed by atoms with E-state index < -0.39 is 29.4 Å². The smallest absolute Gasteiger partial charge is 0.330 e. The number of nitrogens with zero attached hydrogens (tertiary/aromatic N) is 1. The number of carbonyl (C=O) groups excluding carboxylic acids is 3. The summed E-state index contributed by atoms with van der Waals surface area (Å²) in [5.41, 5.74) is 0.298. The van der Waals surface area contributed by atoms with E-state index in [0.29, 0.717) is 5.06 Å². The van der Waals surface area contributed by atoms with Crippen molar-refractivity contribution in [3.8, 4) is 0 Å². The molecule has 0 bridgehead atoms. The van der Waals surface area contributed by atoms with E-state index in [2.05, 4.69) is 0 Å². The molecule has 1 heterocycles. The van der Waals surface area contributed by atoms with Gasteiger partial charge in [0, 0.05) is 0 Å². The highest BCUT2D eigenvalue weighted by molar-refractivity contribution is 6.20. The van der Waals surface area contributed by atoms with E-state index in [1.165, 1.54) is 24.3 Å². The lowest BCUT2D eigenvalue weighted by Gasteiger charge is -2.12. The SMILES string of the molecule is O=C(CCc1cccc(F)c1F)ON1C(=O)c2ccccc2C1=O. The first-order valence-corrected chi connectivity index (χ1v) is 7.10. The highest BCUT2D eigenvalue weighted by Gasteiger charge is 2.38. The van der Waals surface area contributed by atoms with Gasteiger partial charge in [0.2, 0.25) is 0 Å². The number of halogens is 2. The molecule has 0 unspecified atom stereocenters. The van der Waals surface area contributed by atoms with Gasteiger partial charge in [0.15, 0.2) is 11.6 Å². The van der Waals surface area contributed by atoms with Crippen LogP contribution in [0.25, 0.3) is 0 Å². The average molecular weight is 331 g/mol. The molecule has 1 aliphatic heterocycles. The summed E-state index contributed by atoms with van der Waals surface area (Å²) in [7, 11) is 0. The second kappa shape index (κ2) is 6.19. The average Bonchev–Trinajstić information content (AvgIpc) is 2.82. The van der Waals surface area contributed by atoms with Crippen LogP contribution < -0.4 is 0 Å². The van der Waals surface area contributed by atoms with Crippen LogP contribution in [0.2, 0.25) is 0 Å². The molecule has 0 atom stereocenters. The largest absolute Gasteiger partial charge is 0.333 e. The van der Waals surface area contributed by atoms with Crippen molar-refractivity contribution in [1.29, 1.82) is 0 Å². The van der Waals surface area contributed by atoms with Crippen LogP contribution in [0.3, 0.4) is 0 Å². The molecule has 5 nitrogen and oxygen atoms in total. The molecule has 0 aromatic heterocycles. The van der Waals surface area contributed by atoms with Crippen LogP contribution in [0.4, 0.5) is 8.78 Å². The lowest BCUT2D eigenvalue weighted by atomic mass is 10.1. The van der Waals surface area contributed by atoms with Crippen molar-refractivity contribution in [2.45, 2.75) is 12.8 Å². The molecule has 2 aromatic rings. The summed E-state index contributed by atoms with van der Waals surface area (Å²) in [5, 5.41) is 0.384. The van der Waals surface area contributed by atoms with Crippen molar-refractivity contribution in [2.24, 2.45) is 0 Å². The van der Waals surface area contributed by atoms with Crippen molar-refractivity contribution in [3.05, 3.63) is 70.8 Å². The second-order valence-corrected chi connectivity index (χ2v) is 5.13. The third-order valence-electron chi connectivity index (χ3n) is 3.58. The minimum Gasteiger partial charge on any atom is -0.330 e. The zero-order chi connectivity index (χ0) is 17.3. The summed E-state index contributed by atoms with van der Waals surface area (Å²) < 4.78 is 26.6. The molecule has 0 radical (unpaired) electrons. The third kappa shape index (κ3) is 2.76. The molecule has 0 fully saturated rings. The van der Waals surface area contributed by atoms with E-state index in [1.807, 2.05) is 0 Å². The summed E-state index contributed by atoms with van der Waals surface area (Å²) in [6.45, 7) is 0. The Bertz CT molecular complexity index is 815. The Morgan fingerprint density at radius 3 is 2.21 bits per heavy atom. The Hall–Kier alpha value is -3.09. The first-order chi connectivity index (χ1) is 11.5.